The summed E-state index contributed by atoms with van der Waals surface area (Å²) in [4.78, 5) is 30.2. The molecule has 0 spiro atoms. The first kappa shape index (κ1) is 17.3. The summed E-state index contributed by atoms with van der Waals surface area (Å²) in [5.41, 5.74) is 4.19. The maximum Gasteiger partial charge on any atom is 0.253 e. The Balaban J connectivity index is 1.43. The molecule has 0 saturated carbocycles. The number of nitrogens with one attached hydrogen (secondary N) is 2. The van der Waals surface area contributed by atoms with Crippen molar-refractivity contribution in [2.24, 2.45) is 0 Å². The quantitative estimate of drug-likeness (QED) is 0.745. The summed E-state index contributed by atoms with van der Waals surface area (Å²) in [5.74, 6) is -0.000303. The molecule has 5 nitrogen and oxygen atoms in total. The Morgan fingerprint density at radius 2 is 1.74 bits per heavy atom. The van der Waals surface area contributed by atoms with Crippen molar-refractivity contribution >= 4 is 22.7 Å². The van der Waals surface area contributed by atoms with E-state index >= 15 is 0 Å². The molecule has 1 aliphatic rings. The minimum Gasteiger partial charge on any atom is -0.358 e. The SMILES string of the molecule is Cc1[nH]c2ccccc2c1C(=O)NCc1ccc(C(=O)N2CCCC2)cc1. The summed E-state index contributed by atoms with van der Waals surface area (Å²) in [7, 11) is 0. The van der Waals surface area contributed by atoms with Gasteiger partial charge in [0.25, 0.3) is 11.8 Å². The van der Waals surface area contributed by atoms with Crippen molar-refractivity contribution < 1.29 is 9.59 Å². The Morgan fingerprint density at radius 3 is 2.48 bits per heavy atom. The summed E-state index contributed by atoms with van der Waals surface area (Å²) in [6.07, 6.45) is 2.17. The molecule has 0 unspecified atom stereocenters. The Bertz CT molecular complexity index is 982. The van der Waals surface area contributed by atoms with Gasteiger partial charge in [-0.2, -0.15) is 0 Å². The molecule has 0 bridgehead atoms. The molecule has 27 heavy (non-hydrogen) atoms. The van der Waals surface area contributed by atoms with Crippen molar-refractivity contribution in [3.05, 3.63) is 70.9 Å². The van der Waals surface area contributed by atoms with E-state index in [1.807, 2.05) is 60.4 Å². The average Bonchev–Trinajstić information content (AvgIpc) is 3.33. The van der Waals surface area contributed by atoms with Gasteiger partial charge in [0.05, 0.1) is 5.56 Å². The summed E-state index contributed by atoms with van der Waals surface area (Å²) < 4.78 is 0. The molecule has 1 fully saturated rings. The second kappa shape index (κ2) is 7.27. The van der Waals surface area contributed by atoms with E-state index in [-0.39, 0.29) is 11.8 Å². The molecule has 4 rings (SSSR count). The first-order valence-corrected chi connectivity index (χ1v) is 9.37. The fraction of sp³-hybridized carbons (Fsp3) is 0.273. The van der Waals surface area contributed by atoms with Crippen LogP contribution in [0, 0.1) is 6.92 Å². The lowest BCUT2D eigenvalue weighted by atomic mass is 10.1. The molecule has 0 radical (unpaired) electrons. The molecule has 1 aromatic heterocycles. The molecule has 5 heteroatoms. The maximum atomic E-state index is 12.7. The first-order chi connectivity index (χ1) is 13.1. The third kappa shape index (κ3) is 3.45. The van der Waals surface area contributed by atoms with E-state index in [1.54, 1.807) is 0 Å². The standard InChI is InChI=1S/C22H23N3O2/c1-15-20(18-6-2-3-7-19(18)24-15)21(26)23-14-16-8-10-17(11-9-16)22(27)25-12-4-5-13-25/h2-3,6-11,24H,4-5,12-14H2,1H3,(H,23,26). The van der Waals surface area contributed by atoms with Gasteiger partial charge in [-0.25, -0.2) is 0 Å². The number of hydrogen-bond acceptors (Lipinski definition) is 2. The number of carbonyl (C=O) groups excluding carboxylic acids is 2. The molecule has 2 N–H and O–H groups in total. The minimum atomic E-state index is -0.0952. The number of H-pyrrole nitrogens is 1. The maximum absolute atomic E-state index is 12.7. The largest absolute Gasteiger partial charge is 0.358 e. The van der Waals surface area contributed by atoms with Gasteiger partial charge >= 0.3 is 0 Å². The molecule has 1 aliphatic heterocycles. The van der Waals surface area contributed by atoms with Crippen LogP contribution in [0.3, 0.4) is 0 Å². The second-order valence-electron chi connectivity index (χ2n) is 7.05. The fourth-order valence-electron chi connectivity index (χ4n) is 3.71. The summed E-state index contributed by atoms with van der Waals surface area (Å²) >= 11 is 0. The second-order valence-corrected chi connectivity index (χ2v) is 7.05. The summed E-state index contributed by atoms with van der Waals surface area (Å²) in [5, 5.41) is 3.91. The van der Waals surface area contributed by atoms with Crippen molar-refractivity contribution in [1.82, 2.24) is 15.2 Å². The van der Waals surface area contributed by atoms with E-state index in [2.05, 4.69) is 10.3 Å². The molecule has 1 saturated heterocycles. The number of aromatic nitrogens is 1. The van der Waals surface area contributed by atoms with Crippen LogP contribution in [0.2, 0.25) is 0 Å². The summed E-state index contributed by atoms with van der Waals surface area (Å²) in [6, 6.07) is 15.3. The number of nitrogens with zero attached hydrogens (tertiary/aromatic N) is 1. The van der Waals surface area contributed by atoms with E-state index in [0.717, 1.165) is 48.1 Å². The van der Waals surface area contributed by atoms with Gasteiger partial charge in [0, 0.05) is 41.8 Å². The van der Waals surface area contributed by atoms with Gasteiger partial charge in [-0.3, -0.25) is 9.59 Å². The summed E-state index contributed by atoms with van der Waals surface area (Å²) in [6.45, 7) is 4.03. The predicted octanol–water partition coefficient (Wildman–Crippen LogP) is 3.64. The van der Waals surface area contributed by atoms with Gasteiger partial charge < -0.3 is 15.2 Å². The Labute approximate surface area is 158 Å². The van der Waals surface area contributed by atoms with E-state index in [4.69, 9.17) is 0 Å². The Morgan fingerprint density at radius 1 is 1.04 bits per heavy atom. The highest BCUT2D eigenvalue weighted by molar-refractivity contribution is 6.08. The highest BCUT2D eigenvalue weighted by Gasteiger charge is 2.19. The molecule has 2 aromatic carbocycles. The highest BCUT2D eigenvalue weighted by atomic mass is 16.2. The predicted molar refractivity (Wildman–Crippen MR) is 106 cm³/mol. The van der Waals surface area contributed by atoms with Gasteiger partial charge in [0.1, 0.15) is 0 Å². The third-order valence-electron chi connectivity index (χ3n) is 5.17. The van der Waals surface area contributed by atoms with Gasteiger partial charge in [-0.15, -0.1) is 0 Å². The van der Waals surface area contributed by atoms with E-state index < -0.39 is 0 Å². The lowest BCUT2D eigenvalue weighted by molar-refractivity contribution is 0.0792. The van der Waals surface area contributed by atoms with Crippen molar-refractivity contribution in [3.63, 3.8) is 0 Å². The van der Waals surface area contributed by atoms with Gasteiger partial charge in [0.2, 0.25) is 0 Å². The van der Waals surface area contributed by atoms with Crippen LogP contribution >= 0.6 is 0 Å². The van der Waals surface area contributed by atoms with Crippen LogP contribution in [-0.4, -0.2) is 34.8 Å². The molecule has 138 valence electrons. The van der Waals surface area contributed by atoms with Gasteiger partial charge in [-0.1, -0.05) is 30.3 Å². The lowest BCUT2D eigenvalue weighted by Crippen LogP contribution is -2.27. The topological polar surface area (TPSA) is 65.2 Å². The van der Waals surface area contributed by atoms with Crippen molar-refractivity contribution in [2.45, 2.75) is 26.3 Å². The van der Waals surface area contributed by atoms with E-state index in [1.165, 1.54) is 0 Å². The number of aromatic amines is 1. The van der Waals surface area contributed by atoms with E-state index in [0.29, 0.717) is 17.7 Å². The van der Waals surface area contributed by atoms with Crippen molar-refractivity contribution in [2.75, 3.05) is 13.1 Å². The van der Waals surface area contributed by atoms with Crippen LogP contribution in [0.15, 0.2) is 48.5 Å². The zero-order chi connectivity index (χ0) is 18.8. The van der Waals surface area contributed by atoms with E-state index in [9.17, 15) is 9.59 Å². The first-order valence-electron chi connectivity index (χ1n) is 9.37. The Hall–Kier alpha value is -3.08. The van der Waals surface area contributed by atoms with Crippen molar-refractivity contribution in [1.29, 1.82) is 0 Å². The molecule has 3 aromatic rings. The molecule has 0 atom stereocenters. The zero-order valence-corrected chi connectivity index (χ0v) is 15.4. The van der Waals surface area contributed by atoms with Crippen LogP contribution in [0.1, 0.15) is 44.8 Å². The lowest BCUT2D eigenvalue weighted by Gasteiger charge is -2.15. The monoisotopic (exact) mass is 361 g/mol. The van der Waals surface area contributed by atoms with Crippen LogP contribution < -0.4 is 5.32 Å². The minimum absolute atomic E-state index is 0.0949. The number of amides is 2. The molecule has 2 amide bonds. The smallest absolute Gasteiger partial charge is 0.253 e. The number of aryl methyl sites for hydroxylation is 1. The number of hydrogen-bond donors (Lipinski definition) is 2. The van der Waals surface area contributed by atoms with Gasteiger partial charge in [0.15, 0.2) is 0 Å². The fourth-order valence-corrected chi connectivity index (χ4v) is 3.71. The molecule has 2 heterocycles. The van der Waals surface area contributed by atoms with Crippen LogP contribution in [0.4, 0.5) is 0 Å². The van der Waals surface area contributed by atoms with Gasteiger partial charge in [-0.05, 0) is 43.5 Å². The number of para-hydroxylation sites is 1. The molecular formula is C22H23N3O2. The average molecular weight is 361 g/mol. The van der Waals surface area contributed by atoms with Crippen molar-refractivity contribution in [3.8, 4) is 0 Å². The molecule has 0 aliphatic carbocycles. The number of likely N-dealkylation sites (tertiary alicyclic amines) is 1. The normalized spacial score (nSPS) is 13.9. The van der Waals surface area contributed by atoms with Crippen LogP contribution in [0.25, 0.3) is 10.9 Å². The molecular weight excluding hydrogens is 338 g/mol. The number of rotatable bonds is 4. The number of benzene rings is 2. The number of carbonyl (C=O) groups is 2. The zero-order valence-electron chi connectivity index (χ0n) is 15.4. The van der Waals surface area contributed by atoms with Crippen LogP contribution in [0.5, 0.6) is 0 Å². The third-order valence-corrected chi connectivity index (χ3v) is 5.17. The van der Waals surface area contributed by atoms with Crippen LogP contribution in [-0.2, 0) is 6.54 Å². The number of fused-ring (bicyclic) bond motifs is 1. The highest BCUT2D eigenvalue weighted by Crippen LogP contribution is 2.21. The Kier molecular flexibility index (Phi) is 4.67.